The summed E-state index contributed by atoms with van der Waals surface area (Å²) in [7, 11) is 0. The second-order valence-corrected chi connectivity index (χ2v) is 5.51. The first-order valence-corrected chi connectivity index (χ1v) is 7.47. The molecule has 0 saturated carbocycles. The van der Waals surface area contributed by atoms with Crippen LogP contribution in [0.25, 0.3) is 0 Å². The molecule has 1 amide bonds. The first kappa shape index (κ1) is 15.8. The number of ether oxygens (including phenoxy) is 2. The van der Waals surface area contributed by atoms with Gasteiger partial charge in [0.25, 0.3) is 0 Å². The zero-order valence-corrected chi connectivity index (χ0v) is 13.3. The van der Waals surface area contributed by atoms with Crippen molar-refractivity contribution in [3.8, 4) is 5.75 Å². The van der Waals surface area contributed by atoms with Gasteiger partial charge in [0.15, 0.2) is 0 Å². The van der Waals surface area contributed by atoms with Crippen molar-refractivity contribution in [3.05, 3.63) is 51.9 Å². The molecule has 1 aliphatic heterocycles. The Kier molecular flexibility index (Phi) is 4.54. The topological polar surface area (TPSA) is 51.7 Å². The van der Waals surface area contributed by atoms with Crippen molar-refractivity contribution in [2.45, 2.75) is 6.61 Å². The van der Waals surface area contributed by atoms with Crippen LogP contribution in [-0.2, 0) is 11.3 Å². The van der Waals surface area contributed by atoms with Crippen molar-refractivity contribution < 1.29 is 18.7 Å². The molecule has 1 aromatic heterocycles. The molecule has 2 heterocycles. The Balaban J connectivity index is 1.70. The van der Waals surface area contributed by atoms with Crippen LogP contribution in [0.4, 0.5) is 15.0 Å². The average molecular weight is 357 g/mol. The Bertz CT molecular complexity index is 740. The van der Waals surface area contributed by atoms with E-state index in [4.69, 9.17) is 32.7 Å². The number of hydrogen-bond acceptors (Lipinski definition) is 4. The lowest BCUT2D eigenvalue weighted by Crippen LogP contribution is -2.24. The molecular formula is C15H11Cl2FN2O3. The van der Waals surface area contributed by atoms with E-state index in [0.717, 1.165) is 0 Å². The molecule has 120 valence electrons. The first-order valence-electron chi connectivity index (χ1n) is 6.72. The fourth-order valence-electron chi connectivity index (χ4n) is 2.08. The molecule has 8 heteroatoms. The highest BCUT2D eigenvalue weighted by molar-refractivity contribution is 6.36. The number of halogens is 3. The Morgan fingerprint density at radius 1 is 1.30 bits per heavy atom. The van der Waals surface area contributed by atoms with Crippen molar-refractivity contribution in [2.75, 3.05) is 18.1 Å². The zero-order chi connectivity index (χ0) is 16.4. The molecule has 0 aliphatic carbocycles. The molecule has 3 rings (SSSR count). The number of carbonyl (C=O) groups is 1. The summed E-state index contributed by atoms with van der Waals surface area (Å²) in [5, 5.41) is 0.252. The molecule has 1 saturated heterocycles. The van der Waals surface area contributed by atoms with Crippen molar-refractivity contribution in [1.82, 2.24) is 4.98 Å². The SMILES string of the molecule is O=C1OCCN1c1ccc(OCc2c(Cl)ccc(F)c2Cl)cn1. The maximum atomic E-state index is 13.4. The fraction of sp³-hybridized carbons (Fsp3) is 0.200. The quantitative estimate of drug-likeness (QED) is 0.775. The second kappa shape index (κ2) is 6.60. The van der Waals surface area contributed by atoms with Crippen LogP contribution in [0.2, 0.25) is 10.0 Å². The molecule has 0 unspecified atom stereocenters. The van der Waals surface area contributed by atoms with Crippen molar-refractivity contribution in [1.29, 1.82) is 0 Å². The van der Waals surface area contributed by atoms with Gasteiger partial charge in [0.1, 0.15) is 30.6 Å². The standard InChI is InChI=1S/C15H11Cl2FN2O3/c16-11-2-3-12(18)14(17)10(11)8-23-9-1-4-13(19-7-9)20-5-6-22-15(20)21/h1-4,7H,5-6,8H2. The molecule has 0 radical (unpaired) electrons. The summed E-state index contributed by atoms with van der Waals surface area (Å²) in [5.41, 5.74) is 0.362. The number of carbonyl (C=O) groups excluding carboxylic acids is 1. The smallest absolute Gasteiger partial charge is 0.415 e. The number of cyclic esters (lactones) is 1. The summed E-state index contributed by atoms with van der Waals surface area (Å²) in [4.78, 5) is 17.0. The van der Waals surface area contributed by atoms with Crippen LogP contribution in [0.15, 0.2) is 30.5 Å². The molecule has 5 nitrogen and oxygen atoms in total. The molecule has 1 aliphatic rings. The van der Waals surface area contributed by atoms with Gasteiger partial charge in [0.2, 0.25) is 0 Å². The molecule has 23 heavy (non-hydrogen) atoms. The normalized spacial score (nSPS) is 14.0. The zero-order valence-electron chi connectivity index (χ0n) is 11.8. The summed E-state index contributed by atoms with van der Waals surface area (Å²) >= 11 is 11.9. The lowest BCUT2D eigenvalue weighted by Gasteiger charge is -2.13. The van der Waals surface area contributed by atoms with Gasteiger partial charge in [-0.1, -0.05) is 23.2 Å². The van der Waals surface area contributed by atoms with Gasteiger partial charge in [-0.3, -0.25) is 4.90 Å². The van der Waals surface area contributed by atoms with Crippen LogP contribution in [0.3, 0.4) is 0 Å². The number of nitrogens with zero attached hydrogens (tertiary/aromatic N) is 2. The van der Waals surface area contributed by atoms with Gasteiger partial charge < -0.3 is 9.47 Å². The van der Waals surface area contributed by atoms with E-state index < -0.39 is 11.9 Å². The number of rotatable bonds is 4. The fourth-order valence-corrected chi connectivity index (χ4v) is 2.56. The van der Waals surface area contributed by atoms with Crippen LogP contribution < -0.4 is 9.64 Å². The van der Waals surface area contributed by atoms with Crippen LogP contribution in [-0.4, -0.2) is 24.2 Å². The highest BCUT2D eigenvalue weighted by Crippen LogP contribution is 2.28. The third-order valence-electron chi connectivity index (χ3n) is 3.28. The number of amides is 1. The Hall–Kier alpha value is -2.05. The molecule has 0 N–H and O–H groups in total. The number of anilines is 1. The highest BCUT2D eigenvalue weighted by Gasteiger charge is 2.24. The van der Waals surface area contributed by atoms with E-state index in [1.54, 1.807) is 12.1 Å². The average Bonchev–Trinajstić information content (AvgIpc) is 2.98. The molecule has 1 aromatic carbocycles. The summed E-state index contributed by atoms with van der Waals surface area (Å²) in [5.74, 6) is 0.357. The van der Waals surface area contributed by atoms with Gasteiger partial charge in [-0.25, -0.2) is 14.2 Å². The Morgan fingerprint density at radius 2 is 2.13 bits per heavy atom. The van der Waals surface area contributed by atoms with Gasteiger partial charge in [-0.15, -0.1) is 0 Å². The van der Waals surface area contributed by atoms with Crippen LogP contribution >= 0.6 is 23.2 Å². The van der Waals surface area contributed by atoms with Crippen LogP contribution in [0, 0.1) is 5.82 Å². The van der Waals surface area contributed by atoms with Gasteiger partial charge in [0, 0.05) is 10.6 Å². The first-order chi connectivity index (χ1) is 11.1. The molecule has 0 atom stereocenters. The third kappa shape index (κ3) is 3.33. The van der Waals surface area contributed by atoms with E-state index in [-0.39, 0.29) is 11.6 Å². The number of aromatic nitrogens is 1. The molecule has 2 aromatic rings. The third-order valence-corrected chi connectivity index (χ3v) is 4.04. The van der Waals surface area contributed by atoms with E-state index in [1.807, 2.05) is 0 Å². The molecule has 0 spiro atoms. The van der Waals surface area contributed by atoms with Crippen molar-refractivity contribution in [3.63, 3.8) is 0 Å². The second-order valence-electron chi connectivity index (χ2n) is 4.73. The van der Waals surface area contributed by atoms with Gasteiger partial charge in [-0.2, -0.15) is 0 Å². The minimum Gasteiger partial charge on any atom is -0.487 e. The minimum absolute atomic E-state index is 0.00219. The molecule has 0 bridgehead atoms. The maximum absolute atomic E-state index is 13.4. The largest absolute Gasteiger partial charge is 0.487 e. The van der Waals surface area contributed by atoms with Crippen molar-refractivity contribution >= 4 is 35.1 Å². The summed E-state index contributed by atoms with van der Waals surface area (Å²) in [6.45, 7) is 0.804. The van der Waals surface area contributed by atoms with E-state index in [2.05, 4.69) is 4.98 Å². The van der Waals surface area contributed by atoms with E-state index in [0.29, 0.717) is 35.3 Å². The summed E-state index contributed by atoms with van der Waals surface area (Å²) in [6, 6.07) is 5.90. The molecular weight excluding hydrogens is 346 g/mol. The van der Waals surface area contributed by atoms with Gasteiger partial charge >= 0.3 is 6.09 Å². The lowest BCUT2D eigenvalue weighted by molar-refractivity contribution is 0.181. The Morgan fingerprint density at radius 3 is 2.78 bits per heavy atom. The van der Waals surface area contributed by atoms with E-state index in [9.17, 15) is 9.18 Å². The van der Waals surface area contributed by atoms with Crippen LogP contribution in [0.5, 0.6) is 5.75 Å². The van der Waals surface area contributed by atoms with E-state index in [1.165, 1.54) is 23.2 Å². The Labute approximate surface area is 141 Å². The van der Waals surface area contributed by atoms with Crippen LogP contribution in [0.1, 0.15) is 5.56 Å². The van der Waals surface area contributed by atoms with Crippen molar-refractivity contribution in [2.24, 2.45) is 0 Å². The number of benzene rings is 1. The number of hydrogen-bond donors (Lipinski definition) is 0. The molecule has 1 fully saturated rings. The number of pyridine rings is 1. The van der Waals surface area contributed by atoms with Gasteiger partial charge in [-0.05, 0) is 24.3 Å². The predicted octanol–water partition coefficient (Wildman–Crippen LogP) is 4.06. The maximum Gasteiger partial charge on any atom is 0.415 e. The summed E-state index contributed by atoms with van der Waals surface area (Å²) < 4.78 is 23.8. The lowest BCUT2D eigenvalue weighted by atomic mass is 10.2. The van der Waals surface area contributed by atoms with Gasteiger partial charge in [0.05, 0.1) is 17.8 Å². The minimum atomic E-state index is -0.560. The monoisotopic (exact) mass is 356 g/mol. The van der Waals surface area contributed by atoms with E-state index >= 15 is 0 Å². The highest BCUT2D eigenvalue weighted by atomic mass is 35.5. The predicted molar refractivity (Wildman–Crippen MR) is 83.7 cm³/mol. The summed E-state index contributed by atoms with van der Waals surface area (Å²) in [6.07, 6.45) is 1.03.